The van der Waals surface area contributed by atoms with E-state index in [2.05, 4.69) is 10.3 Å². The molecular weight excluding hydrogens is 222 g/mol. The summed E-state index contributed by atoms with van der Waals surface area (Å²) in [4.78, 5) is 25.8. The molecule has 0 N–H and O–H groups in total. The first-order valence-corrected chi connectivity index (χ1v) is 5.41. The van der Waals surface area contributed by atoms with Crippen LogP contribution in [-0.4, -0.2) is 22.2 Å². The van der Waals surface area contributed by atoms with E-state index in [9.17, 15) is 9.70 Å². The SMILES string of the molecule is CC(=O)O[C@H]1CC[C@H](c2cccnc2)N1N=O. The Morgan fingerprint density at radius 1 is 1.59 bits per heavy atom. The van der Waals surface area contributed by atoms with E-state index in [0.29, 0.717) is 6.42 Å². The second-order valence-electron chi connectivity index (χ2n) is 3.91. The molecule has 6 heteroatoms. The van der Waals surface area contributed by atoms with E-state index in [1.165, 1.54) is 11.9 Å². The van der Waals surface area contributed by atoms with Crippen molar-refractivity contribution in [3.8, 4) is 0 Å². The predicted octanol–water partition coefficient (Wildman–Crippen LogP) is 1.79. The molecule has 2 heterocycles. The molecule has 2 atom stereocenters. The molecule has 0 radical (unpaired) electrons. The van der Waals surface area contributed by atoms with Crippen molar-refractivity contribution in [2.75, 3.05) is 0 Å². The first-order valence-electron chi connectivity index (χ1n) is 5.41. The molecule has 0 bridgehead atoms. The fourth-order valence-corrected chi connectivity index (χ4v) is 2.07. The van der Waals surface area contributed by atoms with Gasteiger partial charge in [-0.3, -0.25) is 9.78 Å². The molecule has 1 fully saturated rings. The van der Waals surface area contributed by atoms with Crippen molar-refractivity contribution in [3.05, 3.63) is 35.0 Å². The maximum atomic E-state index is 10.9. The van der Waals surface area contributed by atoms with Gasteiger partial charge in [-0.15, -0.1) is 4.91 Å². The zero-order valence-corrected chi connectivity index (χ0v) is 9.44. The van der Waals surface area contributed by atoms with Gasteiger partial charge in [0, 0.05) is 25.7 Å². The van der Waals surface area contributed by atoms with Crippen LogP contribution in [-0.2, 0) is 9.53 Å². The second-order valence-corrected chi connectivity index (χ2v) is 3.91. The normalized spacial score (nSPS) is 23.5. The number of esters is 1. The number of carbonyl (C=O) groups is 1. The van der Waals surface area contributed by atoms with E-state index in [-0.39, 0.29) is 6.04 Å². The Labute approximate surface area is 98.5 Å². The van der Waals surface area contributed by atoms with Gasteiger partial charge in [-0.1, -0.05) is 6.07 Å². The van der Waals surface area contributed by atoms with Crippen molar-refractivity contribution in [2.45, 2.75) is 32.0 Å². The third-order valence-corrected chi connectivity index (χ3v) is 2.77. The van der Waals surface area contributed by atoms with Crippen molar-refractivity contribution in [1.29, 1.82) is 0 Å². The van der Waals surface area contributed by atoms with Crippen LogP contribution in [0.3, 0.4) is 0 Å². The lowest BCUT2D eigenvalue weighted by molar-refractivity contribution is -0.155. The van der Waals surface area contributed by atoms with Gasteiger partial charge in [0.1, 0.15) is 0 Å². The highest BCUT2D eigenvalue weighted by Gasteiger charge is 2.36. The van der Waals surface area contributed by atoms with Crippen LogP contribution in [0.2, 0.25) is 0 Å². The van der Waals surface area contributed by atoms with Crippen LogP contribution in [0, 0.1) is 4.91 Å². The number of aromatic nitrogens is 1. The lowest BCUT2D eigenvalue weighted by Crippen LogP contribution is -2.30. The monoisotopic (exact) mass is 235 g/mol. The largest absolute Gasteiger partial charge is 0.440 e. The van der Waals surface area contributed by atoms with Crippen molar-refractivity contribution in [2.24, 2.45) is 5.29 Å². The number of rotatable bonds is 3. The third kappa shape index (κ3) is 2.41. The summed E-state index contributed by atoms with van der Waals surface area (Å²) in [5.41, 5.74) is 0.904. The van der Waals surface area contributed by atoms with Gasteiger partial charge in [0.15, 0.2) is 6.23 Å². The molecule has 1 aromatic rings. The molecule has 1 aliphatic heterocycles. The van der Waals surface area contributed by atoms with Gasteiger partial charge >= 0.3 is 5.97 Å². The van der Waals surface area contributed by atoms with Gasteiger partial charge in [-0.2, -0.15) is 0 Å². The van der Waals surface area contributed by atoms with E-state index >= 15 is 0 Å². The fourth-order valence-electron chi connectivity index (χ4n) is 2.07. The van der Waals surface area contributed by atoms with Crippen LogP contribution in [0.15, 0.2) is 29.8 Å². The van der Waals surface area contributed by atoms with E-state index < -0.39 is 12.2 Å². The van der Waals surface area contributed by atoms with Crippen LogP contribution in [0.25, 0.3) is 0 Å². The van der Waals surface area contributed by atoms with Crippen molar-refractivity contribution < 1.29 is 9.53 Å². The minimum Gasteiger partial charge on any atom is -0.440 e. The van der Waals surface area contributed by atoms with Gasteiger partial charge in [0.25, 0.3) is 0 Å². The summed E-state index contributed by atoms with van der Waals surface area (Å²) in [6, 6.07) is 3.52. The zero-order valence-electron chi connectivity index (χ0n) is 9.44. The van der Waals surface area contributed by atoms with Gasteiger partial charge < -0.3 is 4.74 Å². The highest BCUT2D eigenvalue weighted by Crippen LogP contribution is 2.36. The summed E-state index contributed by atoms with van der Waals surface area (Å²) in [7, 11) is 0. The molecule has 1 aliphatic rings. The molecular formula is C11H13N3O3. The van der Waals surface area contributed by atoms with Crippen LogP contribution in [0.4, 0.5) is 0 Å². The summed E-state index contributed by atoms with van der Waals surface area (Å²) in [6.45, 7) is 1.32. The number of ether oxygens (including phenoxy) is 1. The summed E-state index contributed by atoms with van der Waals surface area (Å²) in [5.74, 6) is -0.407. The molecule has 90 valence electrons. The fraction of sp³-hybridized carbons (Fsp3) is 0.455. The maximum Gasteiger partial charge on any atom is 0.304 e. The lowest BCUT2D eigenvalue weighted by atomic mass is 10.1. The Balaban J connectivity index is 2.15. The smallest absolute Gasteiger partial charge is 0.304 e. The summed E-state index contributed by atoms with van der Waals surface area (Å²) in [5, 5.41) is 4.25. The number of nitrogens with zero attached hydrogens (tertiary/aromatic N) is 3. The summed E-state index contributed by atoms with van der Waals surface area (Å²) in [6.07, 6.45) is 4.12. The van der Waals surface area contributed by atoms with Crippen molar-refractivity contribution in [1.82, 2.24) is 9.99 Å². The number of hydrogen-bond acceptors (Lipinski definition) is 5. The highest BCUT2D eigenvalue weighted by molar-refractivity contribution is 5.66. The molecule has 6 nitrogen and oxygen atoms in total. The summed E-state index contributed by atoms with van der Waals surface area (Å²) < 4.78 is 5.04. The lowest BCUT2D eigenvalue weighted by Gasteiger charge is -2.23. The van der Waals surface area contributed by atoms with Gasteiger partial charge in [-0.25, -0.2) is 5.01 Å². The average molecular weight is 235 g/mol. The van der Waals surface area contributed by atoms with Crippen LogP contribution in [0.1, 0.15) is 31.4 Å². The van der Waals surface area contributed by atoms with E-state index in [1.807, 2.05) is 6.07 Å². The predicted molar refractivity (Wildman–Crippen MR) is 59.4 cm³/mol. The standard InChI is InChI=1S/C11H13N3O3/c1-8(15)17-11-5-4-10(14(11)13-16)9-3-2-6-12-7-9/h2-3,6-7,10-11H,4-5H2,1H3/t10-,11+/m1/s1. The maximum absolute atomic E-state index is 10.9. The first kappa shape index (κ1) is 11.5. The van der Waals surface area contributed by atoms with Gasteiger partial charge in [-0.05, 0) is 18.1 Å². The molecule has 0 aromatic carbocycles. The van der Waals surface area contributed by atoms with E-state index in [1.54, 1.807) is 18.5 Å². The molecule has 17 heavy (non-hydrogen) atoms. The Hall–Kier alpha value is -1.98. The third-order valence-electron chi connectivity index (χ3n) is 2.77. The molecule has 0 aliphatic carbocycles. The Bertz CT molecular complexity index is 410. The minimum atomic E-state index is -0.560. The Morgan fingerprint density at radius 3 is 3.00 bits per heavy atom. The van der Waals surface area contributed by atoms with Crippen LogP contribution >= 0.6 is 0 Å². The Morgan fingerprint density at radius 2 is 2.41 bits per heavy atom. The molecule has 0 spiro atoms. The minimum absolute atomic E-state index is 0.162. The molecule has 2 rings (SSSR count). The van der Waals surface area contributed by atoms with Gasteiger partial charge in [0.05, 0.1) is 11.3 Å². The number of hydrogen-bond donors (Lipinski definition) is 0. The number of nitroso groups, excluding NO2 is 1. The molecule has 1 aromatic heterocycles. The average Bonchev–Trinajstić information content (AvgIpc) is 2.72. The number of pyridine rings is 1. The van der Waals surface area contributed by atoms with Crippen LogP contribution in [0.5, 0.6) is 0 Å². The topological polar surface area (TPSA) is 71.9 Å². The summed E-state index contributed by atoms with van der Waals surface area (Å²) >= 11 is 0. The molecule has 0 unspecified atom stereocenters. The quantitative estimate of drug-likeness (QED) is 0.590. The first-order chi connectivity index (χ1) is 8.22. The molecule has 1 saturated heterocycles. The number of carbonyl (C=O) groups excluding carboxylic acids is 1. The van der Waals surface area contributed by atoms with Crippen LogP contribution < -0.4 is 0 Å². The van der Waals surface area contributed by atoms with E-state index in [0.717, 1.165) is 12.0 Å². The second kappa shape index (κ2) is 4.90. The van der Waals surface area contributed by atoms with Crippen molar-refractivity contribution in [3.63, 3.8) is 0 Å². The Kier molecular flexibility index (Phi) is 3.32. The molecule has 0 amide bonds. The molecule has 0 saturated carbocycles. The zero-order chi connectivity index (χ0) is 12.3. The highest BCUT2D eigenvalue weighted by atomic mass is 16.6. The van der Waals surface area contributed by atoms with Crippen molar-refractivity contribution >= 4 is 5.97 Å². The van der Waals surface area contributed by atoms with E-state index in [4.69, 9.17) is 4.74 Å². The van der Waals surface area contributed by atoms with Gasteiger partial charge in [0.2, 0.25) is 0 Å².